The van der Waals surface area contributed by atoms with Crippen molar-refractivity contribution in [3.63, 3.8) is 0 Å². The van der Waals surface area contributed by atoms with E-state index in [4.69, 9.17) is 5.73 Å². The van der Waals surface area contributed by atoms with Crippen LogP contribution in [0, 0.1) is 13.8 Å². The Morgan fingerprint density at radius 1 is 1.05 bits per heavy atom. The summed E-state index contributed by atoms with van der Waals surface area (Å²) in [5, 5.41) is 14.1. The van der Waals surface area contributed by atoms with Crippen LogP contribution in [0.15, 0.2) is 12.1 Å². The first kappa shape index (κ1) is 15.5. The van der Waals surface area contributed by atoms with Crippen molar-refractivity contribution in [2.24, 2.45) is 5.73 Å². The van der Waals surface area contributed by atoms with Crippen LogP contribution in [0.5, 0.6) is 0 Å². The van der Waals surface area contributed by atoms with Crippen molar-refractivity contribution in [1.82, 2.24) is 10.6 Å². The highest BCUT2D eigenvalue weighted by Gasteiger charge is 2.20. The van der Waals surface area contributed by atoms with Crippen LogP contribution in [-0.2, 0) is 0 Å². The Kier molecular flexibility index (Phi) is 5.08. The number of rotatable bonds is 5. The number of nitrogens with one attached hydrogen (secondary N) is 2. The summed E-state index contributed by atoms with van der Waals surface area (Å²) in [5.74, 6) is -1.64. The zero-order valence-corrected chi connectivity index (χ0v) is 11.3. The lowest BCUT2D eigenvalue weighted by Gasteiger charge is -2.12. The number of urea groups is 1. The van der Waals surface area contributed by atoms with E-state index in [1.807, 2.05) is 0 Å². The Hall–Kier alpha value is -2.57. The monoisotopic (exact) mass is 279 g/mol. The summed E-state index contributed by atoms with van der Waals surface area (Å²) in [6.45, 7) is 3.64. The molecule has 1 aromatic carbocycles. The van der Waals surface area contributed by atoms with Crippen molar-refractivity contribution >= 4 is 17.9 Å². The van der Waals surface area contributed by atoms with E-state index < -0.39 is 17.9 Å². The lowest BCUT2D eigenvalue weighted by Crippen LogP contribution is -2.37. The minimum Gasteiger partial charge on any atom is -0.478 e. The molecular formula is C13H17N3O4. The molecule has 0 aromatic heterocycles. The van der Waals surface area contributed by atoms with Crippen LogP contribution in [0.25, 0.3) is 0 Å². The molecule has 7 heteroatoms. The number of carbonyl (C=O) groups is 3. The van der Waals surface area contributed by atoms with Gasteiger partial charge in [-0.15, -0.1) is 0 Å². The van der Waals surface area contributed by atoms with Crippen molar-refractivity contribution in [2.45, 2.75) is 13.8 Å². The van der Waals surface area contributed by atoms with Gasteiger partial charge in [-0.3, -0.25) is 4.79 Å². The standard InChI is InChI=1S/C13H17N3O4/c1-7-3-4-8(2)10(12(18)19)9(7)11(17)15-5-6-16-13(14)20/h3-4H,5-6H2,1-2H3,(H,15,17)(H,18,19)(H3,14,16,20). The molecule has 0 aliphatic heterocycles. The van der Waals surface area contributed by atoms with Gasteiger partial charge in [-0.1, -0.05) is 12.1 Å². The van der Waals surface area contributed by atoms with Gasteiger partial charge in [0, 0.05) is 13.1 Å². The van der Waals surface area contributed by atoms with Gasteiger partial charge in [-0.25, -0.2) is 9.59 Å². The van der Waals surface area contributed by atoms with E-state index in [1.165, 1.54) is 0 Å². The second kappa shape index (κ2) is 6.55. The van der Waals surface area contributed by atoms with E-state index in [2.05, 4.69) is 10.6 Å². The molecule has 1 aromatic rings. The highest BCUT2D eigenvalue weighted by Crippen LogP contribution is 2.18. The molecular weight excluding hydrogens is 262 g/mol. The molecule has 0 heterocycles. The topological polar surface area (TPSA) is 122 Å². The number of hydrogen-bond acceptors (Lipinski definition) is 3. The van der Waals surface area contributed by atoms with E-state index >= 15 is 0 Å². The van der Waals surface area contributed by atoms with Crippen LogP contribution in [0.2, 0.25) is 0 Å². The van der Waals surface area contributed by atoms with Crippen molar-refractivity contribution in [3.05, 3.63) is 34.4 Å². The van der Waals surface area contributed by atoms with Crippen molar-refractivity contribution in [3.8, 4) is 0 Å². The first-order valence-corrected chi connectivity index (χ1v) is 5.99. The fraction of sp³-hybridized carbons (Fsp3) is 0.308. The maximum Gasteiger partial charge on any atom is 0.336 e. The van der Waals surface area contributed by atoms with Gasteiger partial charge in [0.1, 0.15) is 0 Å². The average Bonchev–Trinajstić information content (AvgIpc) is 2.36. The van der Waals surface area contributed by atoms with Gasteiger partial charge in [0.25, 0.3) is 5.91 Å². The van der Waals surface area contributed by atoms with Crippen LogP contribution in [0.1, 0.15) is 31.8 Å². The molecule has 108 valence electrons. The molecule has 3 amide bonds. The van der Waals surface area contributed by atoms with Gasteiger partial charge in [0.2, 0.25) is 0 Å². The number of carboxylic acids is 1. The number of carbonyl (C=O) groups excluding carboxylic acids is 2. The predicted molar refractivity (Wildman–Crippen MR) is 72.8 cm³/mol. The zero-order chi connectivity index (χ0) is 15.3. The molecule has 0 unspecified atom stereocenters. The van der Waals surface area contributed by atoms with Crippen molar-refractivity contribution in [1.29, 1.82) is 0 Å². The minimum absolute atomic E-state index is 0.00893. The molecule has 0 fully saturated rings. The summed E-state index contributed by atoms with van der Waals surface area (Å²) in [7, 11) is 0. The second-order valence-electron chi connectivity index (χ2n) is 4.30. The number of carboxylic acid groups (broad SMARTS) is 1. The molecule has 0 saturated carbocycles. The van der Waals surface area contributed by atoms with Crippen LogP contribution < -0.4 is 16.4 Å². The largest absolute Gasteiger partial charge is 0.478 e. The van der Waals surface area contributed by atoms with Crippen LogP contribution in [0.3, 0.4) is 0 Å². The highest BCUT2D eigenvalue weighted by atomic mass is 16.4. The van der Waals surface area contributed by atoms with Gasteiger partial charge in [0.05, 0.1) is 11.1 Å². The number of aryl methyl sites for hydroxylation is 2. The van der Waals surface area contributed by atoms with E-state index in [0.29, 0.717) is 11.1 Å². The number of primary amides is 1. The number of benzene rings is 1. The van der Waals surface area contributed by atoms with Gasteiger partial charge in [-0.2, -0.15) is 0 Å². The SMILES string of the molecule is Cc1ccc(C)c(C(=O)NCCNC(N)=O)c1C(=O)O. The number of amides is 3. The molecule has 0 saturated heterocycles. The third-order valence-electron chi connectivity index (χ3n) is 2.77. The molecule has 1 rings (SSSR count). The fourth-order valence-corrected chi connectivity index (χ4v) is 1.83. The van der Waals surface area contributed by atoms with E-state index in [-0.39, 0.29) is 24.2 Å². The lowest BCUT2D eigenvalue weighted by molar-refractivity contribution is 0.0690. The average molecular weight is 279 g/mol. The summed E-state index contributed by atoms with van der Waals surface area (Å²) < 4.78 is 0. The summed E-state index contributed by atoms with van der Waals surface area (Å²) in [4.78, 5) is 33.8. The zero-order valence-electron chi connectivity index (χ0n) is 11.3. The van der Waals surface area contributed by atoms with Crippen LogP contribution in [0.4, 0.5) is 4.79 Å². The lowest BCUT2D eigenvalue weighted by atomic mass is 9.96. The van der Waals surface area contributed by atoms with E-state index in [0.717, 1.165) is 0 Å². The normalized spacial score (nSPS) is 9.90. The molecule has 0 bridgehead atoms. The van der Waals surface area contributed by atoms with Gasteiger partial charge in [0.15, 0.2) is 0 Å². The predicted octanol–water partition coefficient (Wildman–Crippen LogP) is 0.400. The molecule has 0 spiro atoms. The third-order valence-corrected chi connectivity index (χ3v) is 2.77. The summed E-state index contributed by atoms with van der Waals surface area (Å²) in [6, 6.07) is 2.67. The molecule has 7 nitrogen and oxygen atoms in total. The highest BCUT2D eigenvalue weighted by molar-refractivity contribution is 6.06. The number of aromatic carboxylic acids is 1. The number of nitrogens with two attached hydrogens (primary N) is 1. The van der Waals surface area contributed by atoms with E-state index in [1.54, 1.807) is 26.0 Å². The smallest absolute Gasteiger partial charge is 0.336 e. The van der Waals surface area contributed by atoms with Crippen molar-refractivity contribution < 1.29 is 19.5 Å². The first-order chi connectivity index (χ1) is 9.34. The van der Waals surface area contributed by atoms with Gasteiger partial charge < -0.3 is 21.5 Å². The Labute approximate surface area is 116 Å². The van der Waals surface area contributed by atoms with Crippen molar-refractivity contribution in [2.75, 3.05) is 13.1 Å². The van der Waals surface area contributed by atoms with Gasteiger partial charge in [-0.05, 0) is 25.0 Å². The van der Waals surface area contributed by atoms with Crippen LogP contribution >= 0.6 is 0 Å². The Morgan fingerprint density at radius 3 is 2.05 bits per heavy atom. The van der Waals surface area contributed by atoms with Gasteiger partial charge >= 0.3 is 12.0 Å². The molecule has 20 heavy (non-hydrogen) atoms. The molecule has 0 radical (unpaired) electrons. The summed E-state index contributed by atoms with van der Waals surface area (Å²) >= 11 is 0. The first-order valence-electron chi connectivity index (χ1n) is 5.99. The van der Waals surface area contributed by atoms with Crippen LogP contribution in [-0.4, -0.2) is 36.1 Å². The van der Waals surface area contributed by atoms with E-state index in [9.17, 15) is 19.5 Å². The Balaban J connectivity index is 2.90. The quantitative estimate of drug-likeness (QED) is 0.583. The fourth-order valence-electron chi connectivity index (χ4n) is 1.83. The minimum atomic E-state index is -1.15. The molecule has 0 atom stereocenters. The molecule has 0 aliphatic carbocycles. The molecule has 0 aliphatic rings. The molecule has 5 N–H and O–H groups in total. The summed E-state index contributed by atoms with van der Waals surface area (Å²) in [5.41, 5.74) is 6.11. The summed E-state index contributed by atoms with van der Waals surface area (Å²) in [6.07, 6.45) is 0. The second-order valence-corrected chi connectivity index (χ2v) is 4.30. The third kappa shape index (κ3) is 3.71. The maximum absolute atomic E-state index is 12.1. The Morgan fingerprint density at radius 2 is 1.55 bits per heavy atom. The number of hydrogen-bond donors (Lipinski definition) is 4. The Bertz CT molecular complexity index is 555. The maximum atomic E-state index is 12.1.